The third kappa shape index (κ3) is 3.25. The predicted molar refractivity (Wildman–Crippen MR) is 36.0 cm³/mol. The normalized spacial score (nSPS) is 15.8. The molecule has 0 aromatic rings. The minimum Gasteiger partial charge on any atom is -0.392 e. The molecule has 0 rings (SSSR count). The summed E-state index contributed by atoms with van der Waals surface area (Å²) in [6, 6.07) is 0. The van der Waals surface area contributed by atoms with Gasteiger partial charge in [-0.05, 0) is 18.9 Å². The molecule has 0 saturated heterocycles. The van der Waals surface area contributed by atoms with Gasteiger partial charge in [0, 0.05) is 0 Å². The summed E-state index contributed by atoms with van der Waals surface area (Å²) in [5.41, 5.74) is 0.484. The van der Waals surface area contributed by atoms with Crippen LogP contribution in [0.15, 0.2) is 11.6 Å². The van der Waals surface area contributed by atoms with Crippen LogP contribution in [0.2, 0.25) is 0 Å². The Kier molecular flexibility index (Phi) is 4.32. The molecule has 0 aliphatic heterocycles. The van der Waals surface area contributed by atoms with Crippen LogP contribution in [0.1, 0.15) is 20.3 Å². The molecule has 0 amide bonds. The molecule has 54 valence electrons. The Labute approximate surface area is 55.2 Å². The minimum absolute atomic E-state index is 0.161. The van der Waals surface area contributed by atoms with Crippen LogP contribution < -0.4 is 0 Å². The second kappa shape index (κ2) is 4.50. The van der Waals surface area contributed by atoms with Crippen molar-refractivity contribution in [2.75, 3.05) is 6.61 Å². The van der Waals surface area contributed by atoms with Crippen molar-refractivity contribution in [2.45, 2.75) is 26.4 Å². The lowest BCUT2D eigenvalue weighted by Gasteiger charge is -2.02. The van der Waals surface area contributed by atoms with E-state index in [1.165, 1.54) is 6.92 Å². The maximum Gasteiger partial charge on any atom is 0.121 e. The first-order chi connectivity index (χ1) is 4.22. The summed E-state index contributed by atoms with van der Waals surface area (Å²) in [7, 11) is 0. The quantitative estimate of drug-likeness (QED) is 0.579. The number of aliphatic hydroxyl groups is 1. The molecule has 0 saturated carbocycles. The van der Waals surface area contributed by atoms with Crippen LogP contribution in [0.25, 0.3) is 0 Å². The maximum absolute atomic E-state index is 12.3. The Morgan fingerprint density at radius 2 is 2.33 bits per heavy atom. The second-order valence-corrected chi connectivity index (χ2v) is 1.96. The first-order valence-electron chi connectivity index (χ1n) is 3.16. The van der Waals surface area contributed by atoms with Crippen molar-refractivity contribution in [1.29, 1.82) is 0 Å². The molecule has 0 heterocycles. The average molecular weight is 132 g/mol. The van der Waals surface area contributed by atoms with Crippen molar-refractivity contribution in [2.24, 2.45) is 0 Å². The highest BCUT2D eigenvalue weighted by Crippen LogP contribution is 2.05. The fourth-order valence-corrected chi connectivity index (χ4v) is 0.615. The highest BCUT2D eigenvalue weighted by atomic mass is 19.1. The predicted octanol–water partition coefficient (Wildman–Crippen LogP) is 1.67. The molecule has 0 aromatic heterocycles. The van der Waals surface area contributed by atoms with Crippen LogP contribution in [0.5, 0.6) is 0 Å². The molecule has 0 aliphatic rings. The fraction of sp³-hybridized carbons (Fsp3) is 0.714. The highest BCUT2D eigenvalue weighted by Gasteiger charge is 2.02. The average Bonchev–Trinajstić information content (AvgIpc) is 1.82. The molecule has 0 aliphatic carbocycles. The number of allylic oxidation sites excluding steroid dienone is 1. The van der Waals surface area contributed by atoms with E-state index in [9.17, 15) is 4.39 Å². The van der Waals surface area contributed by atoms with E-state index in [4.69, 9.17) is 5.11 Å². The third-order valence-electron chi connectivity index (χ3n) is 1.16. The summed E-state index contributed by atoms with van der Waals surface area (Å²) >= 11 is 0. The first kappa shape index (κ1) is 8.63. The summed E-state index contributed by atoms with van der Waals surface area (Å²) < 4.78 is 12.3. The van der Waals surface area contributed by atoms with E-state index in [1.54, 1.807) is 6.08 Å². The first-order valence-corrected chi connectivity index (χ1v) is 3.16. The smallest absolute Gasteiger partial charge is 0.121 e. The molecule has 1 N–H and O–H groups in total. The van der Waals surface area contributed by atoms with Crippen LogP contribution >= 0.6 is 0 Å². The Hall–Kier alpha value is -0.370. The number of aliphatic hydroxyl groups excluding tert-OH is 1. The van der Waals surface area contributed by atoms with Gasteiger partial charge in [0.15, 0.2) is 0 Å². The van der Waals surface area contributed by atoms with Gasteiger partial charge in [-0.15, -0.1) is 0 Å². The Morgan fingerprint density at radius 3 is 2.44 bits per heavy atom. The molecule has 9 heavy (non-hydrogen) atoms. The Bertz CT molecular complexity index is 97.1. The maximum atomic E-state index is 12.3. The number of hydrogen-bond donors (Lipinski definition) is 1. The van der Waals surface area contributed by atoms with Crippen LogP contribution in [0, 0.1) is 0 Å². The molecule has 0 spiro atoms. The van der Waals surface area contributed by atoms with Crippen molar-refractivity contribution in [3.63, 3.8) is 0 Å². The topological polar surface area (TPSA) is 20.2 Å². The van der Waals surface area contributed by atoms with Crippen molar-refractivity contribution in [3.8, 4) is 0 Å². The highest BCUT2D eigenvalue weighted by molar-refractivity contribution is 5.06. The Balaban J connectivity index is 3.81. The van der Waals surface area contributed by atoms with Gasteiger partial charge >= 0.3 is 0 Å². The van der Waals surface area contributed by atoms with Gasteiger partial charge in [0.1, 0.15) is 6.17 Å². The molecular formula is C7H13FO. The zero-order chi connectivity index (χ0) is 7.28. The minimum atomic E-state index is -1.00. The molecule has 0 aromatic carbocycles. The van der Waals surface area contributed by atoms with Gasteiger partial charge in [-0.25, -0.2) is 4.39 Å². The van der Waals surface area contributed by atoms with Crippen LogP contribution in [-0.4, -0.2) is 17.9 Å². The molecule has 0 radical (unpaired) electrons. The third-order valence-corrected chi connectivity index (χ3v) is 1.16. The van der Waals surface area contributed by atoms with Crippen molar-refractivity contribution in [1.82, 2.24) is 0 Å². The number of rotatable bonds is 3. The summed E-state index contributed by atoms with van der Waals surface area (Å²) in [5, 5.41) is 8.52. The summed E-state index contributed by atoms with van der Waals surface area (Å²) in [4.78, 5) is 0. The molecular weight excluding hydrogens is 119 g/mol. The second-order valence-electron chi connectivity index (χ2n) is 1.96. The summed E-state index contributed by atoms with van der Waals surface area (Å²) in [6.07, 6.45) is 1.49. The van der Waals surface area contributed by atoms with Crippen LogP contribution in [-0.2, 0) is 0 Å². The van der Waals surface area contributed by atoms with E-state index in [0.29, 0.717) is 5.57 Å². The van der Waals surface area contributed by atoms with Gasteiger partial charge < -0.3 is 5.11 Å². The van der Waals surface area contributed by atoms with Gasteiger partial charge in [-0.3, -0.25) is 0 Å². The lowest BCUT2D eigenvalue weighted by molar-refractivity contribution is 0.293. The van der Waals surface area contributed by atoms with Crippen LogP contribution in [0.3, 0.4) is 0 Å². The van der Waals surface area contributed by atoms with E-state index in [-0.39, 0.29) is 6.61 Å². The van der Waals surface area contributed by atoms with Crippen molar-refractivity contribution in [3.05, 3.63) is 11.6 Å². The summed E-state index contributed by atoms with van der Waals surface area (Å²) in [6.45, 7) is 3.18. The van der Waals surface area contributed by atoms with E-state index in [2.05, 4.69) is 0 Å². The van der Waals surface area contributed by atoms with E-state index in [1.807, 2.05) is 6.92 Å². The zero-order valence-corrected chi connectivity index (χ0v) is 5.89. The number of hydrogen-bond acceptors (Lipinski definition) is 1. The Morgan fingerprint density at radius 1 is 1.78 bits per heavy atom. The fourth-order valence-electron chi connectivity index (χ4n) is 0.615. The molecule has 0 bridgehead atoms. The van der Waals surface area contributed by atoms with Gasteiger partial charge in [-0.2, -0.15) is 0 Å². The van der Waals surface area contributed by atoms with Crippen LogP contribution in [0.4, 0.5) is 4.39 Å². The van der Waals surface area contributed by atoms with E-state index < -0.39 is 6.17 Å². The van der Waals surface area contributed by atoms with Gasteiger partial charge in [0.05, 0.1) is 6.61 Å². The van der Waals surface area contributed by atoms with E-state index in [0.717, 1.165) is 6.42 Å². The molecule has 0 fully saturated rings. The molecule has 1 nitrogen and oxygen atoms in total. The standard InChI is InChI=1S/C7H13FO/c1-3-4-7(5-9)6(2)8/h4,6,9H,3,5H2,1-2H3/b7-4-. The molecule has 2 heteroatoms. The number of halogens is 1. The molecule has 1 unspecified atom stereocenters. The summed E-state index contributed by atoms with van der Waals surface area (Å²) in [5.74, 6) is 0. The lowest BCUT2D eigenvalue weighted by atomic mass is 10.1. The van der Waals surface area contributed by atoms with Gasteiger partial charge in [-0.1, -0.05) is 13.0 Å². The number of alkyl halides is 1. The zero-order valence-electron chi connectivity index (χ0n) is 5.89. The van der Waals surface area contributed by atoms with Gasteiger partial charge in [0.25, 0.3) is 0 Å². The van der Waals surface area contributed by atoms with Gasteiger partial charge in [0.2, 0.25) is 0 Å². The largest absolute Gasteiger partial charge is 0.392 e. The van der Waals surface area contributed by atoms with Crippen molar-refractivity contribution < 1.29 is 9.50 Å². The monoisotopic (exact) mass is 132 g/mol. The molecule has 1 atom stereocenters. The lowest BCUT2D eigenvalue weighted by Crippen LogP contribution is -2.02. The SMILES string of the molecule is CC/C=C(/CO)C(C)F. The van der Waals surface area contributed by atoms with E-state index >= 15 is 0 Å². The van der Waals surface area contributed by atoms with Crippen molar-refractivity contribution >= 4 is 0 Å².